The predicted octanol–water partition coefficient (Wildman–Crippen LogP) is 16.0. The molecule has 338 valence electrons. The average Bonchev–Trinajstić information content (AvgIpc) is 3.25. The van der Waals surface area contributed by atoms with Gasteiger partial charge in [0.15, 0.2) is 6.10 Å². The molecule has 0 radical (unpaired) electrons. The van der Waals surface area contributed by atoms with Gasteiger partial charge in [-0.25, -0.2) is 0 Å². The molecular weight excluding hydrogens is 741 g/mol. The number of ether oxygens (including phenoxy) is 2. The van der Waals surface area contributed by atoms with Crippen LogP contribution in [-0.4, -0.2) is 36.4 Å². The molecule has 1 atom stereocenters. The largest absolute Gasteiger partial charge is 0.462 e. The fourth-order valence-corrected chi connectivity index (χ4v) is 6.19. The highest BCUT2D eigenvalue weighted by molar-refractivity contribution is 5.70. The molecule has 0 aromatic heterocycles. The van der Waals surface area contributed by atoms with Crippen LogP contribution in [-0.2, 0) is 19.1 Å². The van der Waals surface area contributed by atoms with Crippen molar-refractivity contribution in [1.29, 1.82) is 0 Å². The van der Waals surface area contributed by atoms with Crippen molar-refractivity contribution in [3.05, 3.63) is 122 Å². The summed E-state index contributed by atoms with van der Waals surface area (Å²) in [5.74, 6) is -0.624. The molecule has 60 heavy (non-hydrogen) atoms. The van der Waals surface area contributed by atoms with Gasteiger partial charge in [0.1, 0.15) is 6.61 Å². The highest BCUT2D eigenvalue weighted by Gasteiger charge is 2.16. The second kappa shape index (κ2) is 49.7. The third-order valence-electron chi connectivity index (χ3n) is 9.75. The van der Waals surface area contributed by atoms with Gasteiger partial charge < -0.3 is 14.6 Å². The number of hydrogen-bond donors (Lipinski definition) is 1. The molecule has 0 aliphatic heterocycles. The van der Waals surface area contributed by atoms with Gasteiger partial charge in [0.25, 0.3) is 0 Å². The quantitative estimate of drug-likeness (QED) is 0.0377. The number of carbonyl (C=O) groups is 2. The fraction of sp³-hybridized carbons (Fsp3) is 0.600. The zero-order valence-corrected chi connectivity index (χ0v) is 38.4. The summed E-state index contributed by atoms with van der Waals surface area (Å²) in [5.41, 5.74) is 0. The van der Waals surface area contributed by atoms with Crippen LogP contribution in [0.3, 0.4) is 0 Å². The van der Waals surface area contributed by atoms with Gasteiger partial charge in [0.05, 0.1) is 6.61 Å². The maximum atomic E-state index is 12.3. The molecule has 1 N–H and O–H groups in total. The molecule has 1 unspecified atom stereocenters. The molecule has 5 heteroatoms. The first-order valence-electron chi connectivity index (χ1n) is 24.1. The van der Waals surface area contributed by atoms with Crippen molar-refractivity contribution in [2.24, 2.45) is 0 Å². The molecule has 0 bridgehead atoms. The fourth-order valence-electron chi connectivity index (χ4n) is 6.19. The summed E-state index contributed by atoms with van der Waals surface area (Å²) >= 11 is 0. The summed E-state index contributed by atoms with van der Waals surface area (Å²) in [4.78, 5) is 24.4. The van der Waals surface area contributed by atoms with Crippen LogP contribution >= 0.6 is 0 Å². The molecule has 0 aliphatic rings. The highest BCUT2D eigenvalue weighted by atomic mass is 16.6. The van der Waals surface area contributed by atoms with Gasteiger partial charge in [-0.15, -0.1) is 0 Å². The number of allylic oxidation sites excluding steroid dienone is 20. The van der Waals surface area contributed by atoms with E-state index in [1.54, 1.807) is 0 Å². The summed E-state index contributed by atoms with van der Waals surface area (Å²) < 4.78 is 10.6. The van der Waals surface area contributed by atoms with Gasteiger partial charge in [-0.1, -0.05) is 200 Å². The number of hydrogen-bond acceptors (Lipinski definition) is 5. The second-order valence-electron chi connectivity index (χ2n) is 15.4. The molecule has 0 aromatic carbocycles. The van der Waals surface area contributed by atoms with Crippen LogP contribution in [0.5, 0.6) is 0 Å². The maximum Gasteiger partial charge on any atom is 0.306 e. The van der Waals surface area contributed by atoms with Gasteiger partial charge >= 0.3 is 11.9 Å². The third-order valence-corrected chi connectivity index (χ3v) is 9.75. The number of esters is 2. The summed E-state index contributed by atoms with van der Waals surface area (Å²) in [5, 5.41) is 9.61. The molecule has 0 rings (SSSR count). The lowest BCUT2D eigenvalue weighted by molar-refractivity contribution is -0.161. The Balaban J connectivity index is 3.62. The molecule has 0 aromatic rings. The Labute approximate surface area is 369 Å². The maximum absolute atomic E-state index is 12.3. The van der Waals surface area contributed by atoms with E-state index in [1.807, 2.05) is 0 Å². The van der Waals surface area contributed by atoms with E-state index < -0.39 is 6.10 Å². The minimum Gasteiger partial charge on any atom is -0.462 e. The van der Waals surface area contributed by atoms with Crippen molar-refractivity contribution in [2.75, 3.05) is 13.2 Å². The second-order valence-corrected chi connectivity index (χ2v) is 15.4. The van der Waals surface area contributed by atoms with E-state index in [9.17, 15) is 14.7 Å². The van der Waals surface area contributed by atoms with Gasteiger partial charge in [-0.2, -0.15) is 0 Å². The topological polar surface area (TPSA) is 72.8 Å². The van der Waals surface area contributed by atoms with Crippen LogP contribution in [0, 0.1) is 0 Å². The summed E-state index contributed by atoms with van der Waals surface area (Å²) in [6.45, 7) is 3.88. The highest BCUT2D eigenvalue weighted by Crippen LogP contribution is 2.13. The Morgan fingerprint density at radius 1 is 0.383 bits per heavy atom. The van der Waals surface area contributed by atoms with Crippen LogP contribution in [0.2, 0.25) is 0 Å². The minimum atomic E-state index is -0.791. The van der Waals surface area contributed by atoms with Crippen molar-refractivity contribution in [3.63, 3.8) is 0 Å². The van der Waals surface area contributed by atoms with E-state index in [4.69, 9.17) is 9.47 Å². The van der Waals surface area contributed by atoms with Crippen LogP contribution in [0.15, 0.2) is 122 Å². The first-order chi connectivity index (χ1) is 29.6. The molecule has 0 saturated carbocycles. The number of aliphatic hydroxyl groups excluding tert-OH is 1. The lowest BCUT2D eigenvalue weighted by atomic mass is 10.1. The molecule has 5 nitrogen and oxygen atoms in total. The summed E-state index contributed by atoms with van der Waals surface area (Å²) in [6, 6.07) is 0. The van der Waals surface area contributed by atoms with E-state index in [2.05, 4.69) is 135 Å². The first kappa shape index (κ1) is 56.3. The standard InChI is InChI=1S/C55H88O5/c1-3-5-7-9-11-13-15-17-19-21-22-23-24-25-26-27-28-29-30-31-32-34-36-38-40-42-44-46-48-50-55(58)60-53(51-56)52-59-54(57)49-47-45-43-41-39-37-35-33-20-18-16-14-12-10-8-6-4-2/h5-8,11-14,17-20,22-23,25-26,28-29,31-32,53,56H,3-4,9-10,15-16,21,24,27,30,33-52H2,1-2H3/b7-5-,8-6-,13-11-,14-12-,19-17-,20-18-,23-22-,26-25-,29-28-,32-31-. The smallest absolute Gasteiger partial charge is 0.306 e. The van der Waals surface area contributed by atoms with Crippen molar-refractivity contribution in [3.8, 4) is 0 Å². The Hall–Kier alpha value is -3.70. The predicted molar refractivity (Wildman–Crippen MR) is 260 cm³/mol. The number of carbonyl (C=O) groups excluding carboxylic acids is 2. The summed E-state index contributed by atoms with van der Waals surface area (Å²) in [7, 11) is 0. The third kappa shape index (κ3) is 47.0. The van der Waals surface area contributed by atoms with Crippen LogP contribution < -0.4 is 0 Å². The molecule has 0 aliphatic carbocycles. The van der Waals surface area contributed by atoms with Crippen LogP contribution in [0.1, 0.15) is 194 Å². The van der Waals surface area contributed by atoms with Gasteiger partial charge in [0, 0.05) is 12.8 Å². The van der Waals surface area contributed by atoms with Crippen LogP contribution in [0.25, 0.3) is 0 Å². The van der Waals surface area contributed by atoms with Crippen molar-refractivity contribution in [1.82, 2.24) is 0 Å². The van der Waals surface area contributed by atoms with E-state index in [0.717, 1.165) is 116 Å². The number of aliphatic hydroxyl groups is 1. The molecule has 0 amide bonds. The Morgan fingerprint density at radius 2 is 0.667 bits per heavy atom. The SMILES string of the molecule is CC/C=C\C/C=C\C/C=C\C/C=C\C/C=C\C/C=C\C/C=C\CCCCCCCCCC(=O)OC(CO)COC(=O)CCCCCCCCC/C=C\C/C=C\C/C=C\CC. The Morgan fingerprint density at radius 3 is 1.00 bits per heavy atom. The van der Waals surface area contributed by atoms with E-state index in [-0.39, 0.29) is 25.2 Å². The molecular formula is C55H88O5. The minimum absolute atomic E-state index is 0.0835. The number of rotatable bonds is 42. The van der Waals surface area contributed by atoms with Gasteiger partial charge in [0.2, 0.25) is 0 Å². The normalized spacial score (nSPS) is 13.3. The Kier molecular flexibility index (Phi) is 46.6. The molecule has 0 heterocycles. The monoisotopic (exact) mass is 829 g/mol. The lowest BCUT2D eigenvalue weighted by Gasteiger charge is -2.15. The molecule has 0 spiro atoms. The first-order valence-corrected chi connectivity index (χ1v) is 24.1. The van der Waals surface area contributed by atoms with Gasteiger partial charge in [-0.3, -0.25) is 9.59 Å². The van der Waals surface area contributed by atoms with Gasteiger partial charge in [-0.05, 0) is 103 Å². The van der Waals surface area contributed by atoms with Crippen LogP contribution in [0.4, 0.5) is 0 Å². The van der Waals surface area contributed by atoms with E-state index in [1.165, 1.54) is 51.4 Å². The molecule has 0 fully saturated rings. The van der Waals surface area contributed by atoms with Crippen molar-refractivity contribution < 1.29 is 24.2 Å². The lowest BCUT2D eigenvalue weighted by Crippen LogP contribution is -2.28. The Bertz CT molecular complexity index is 1260. The summed E-state index contributed by atoms with van der Waals surface area (Å²) in [6.07, 6.45) is 72.7. The number of unbranched alkanes of at least 4 members (excludes halogenated alkanes) is 14. The van der Waals surface area contributed by atoms with E-state index in [0.29, 0.717) is 12.8 Å². The zero-order chi connectivity index (χ0) is 43.5. The average molecular weight is 829 g/mol. The molecule has 0 saturated heterocycles. The van der Waals surface area contributed by atoms with Crippen molar-refractivity contribution >= 4 is 11.9 Å². The van der Waals surface area contributed by atoms with Crippen molar-refractivity contribution in [2.45, 2.75) is 200 Å². The van der Waals surface area contributed by atoms with E-state index >= 15 is 0 Å². The zero-order valence-electron chi connectivity index (χ0n) is 38.4.